The largest absolute Gasteiger partial charge is 0.496 e. The van der Waals surface area contributed by atoms with Gasteiger partial charge in [-0.25, -0.2) is 0 Å². The number of fused-ring (bicyclic) bond motifs is 1. The van der Waals surface area contributed by atoms with E-state index in [1.807, 2.05) is 30.3 Å². The average molecular weight is 436 g/mol. The molecule has 164 valence electrons. The first-order valence-corrected chi connectivity index (χ1v) is 9.67. The molecule has 1 amide bonds. The van der Waals surface area contributed by atoms with Gasteiger partial charge in [-0.1, -0.05) is 36.4 Å². The molecule has 0 saturated heterocycles. The number of hydrogen-bond acceptors (Lipinski definition) is 7. The zero-order chi connectivity index (χ0) is 23.1. The van der Waals surface area contributed by atoms with Gasteiger partial charge in [0.1, 0.15) is 11.4 Å². The number of Topliss-reactive ketones (excluding diaryl/α,β-unsaturated/α-hetero) is 1. The molecule has 0 spiro atoms. The fraction of sp³-hybridized carbons (Fsp3) is 0.174. The first-order chi connectivity index (χ1) is 15.4. The van der Waals surface area contributed by atoms with Gasteiger partial charge in [-0.15, -0.1) is 0 Å². The van der Waals surface area contributed by atoms with Gasteiger partial charge in [0.15, 0.2) is 12.4 Å². The van der Waals surface area contributed by atoms with Crippen LogP contribution in [0.4, 0.5) is 11.4 Å². The van der Waals surface area contributed by atoms with Crippen LogP contribution in [0.1, 0.15) is 23.2 Å². The lowest BCUT2D eigenvalue weighted by Gasteiger charge is -2.08. The molecule has 0 aromatic heterocycles. The van der Waals surface area contributed by atoms with Gasteiger partial charge < -0.3 is 14.8 Å². The lowest BCUT2D eigenvalue weighted by atomic mass is 10.0. The monoisotopic (exact) mass is 436 g/mol. The standard InChI is InChI=1S/C23H20N2O7/c1-31-18-8-9-19(20(13-18)25(29)30)24-22(27)10-11-23(28)32-14-21(26)17-7-6-15-4-2-3-5-16(15)12-17/h2-9,12-13H,10-11,14H2,1H3,(H,24,27). The molecular formula is C23H20N2O7. The van der Waals surface area contributed by atoms with E-state index in [4.69, 9.17) is 9.47 Å². The molecule has 9 nitrogen and oxygen atoms in total. The lowest BCUT2D eigenvalue weighted by Crippen LogP contribution is -2.17. The number of benzene rings is 3. The van der Waals surface area contributed by atoms with Gasteiger partial charge in [-0.2, -0.15) is 0 Å². The number of methoxy groups -OCH3 is 1. The van der Waals surface area contributed by atoms with E-state index in [-0.39, 0.29) is 35.7 Å². The van der Waals surface area contributed by atoms with Crippen molar-refractivity contribution in [3.63, 3.8) is 0 Å². The van der Waals surface area contributed by atoms with Crippen molar-refractivity contribution >= 4 is 39.8 Å². The van der Waals surface area contributed by atoms with Gasteiger partial charge in [0.05, 0.1) is 24.5 Å². The van der Waals surface area contributed by atoms with Gasteiger partial charge in [0.2, 0.25) is 5.91 Å². The molecule has 0 heterocycles. The second-order valence-corrected chi connectivity index (χ2v) is 6.83. The summed E-state index contributed by atoms with van der Waals surface area (Å²) in [6, 6.07) is 16.8. The van der Waals surface area contributed by atoms with E-state index >= 15 is 0 Å². The van der Waals surface area contributed by atoms with Crippen molar-refractivity contribution in [1.29, 1.82) is 0 Å². The summed E-state index contributed by atoms with van der Waals surface area (Å²) >= 11 is 0. The van der Waals surface area contributed by atoms with Gasteiger partial charge in [0.25, 0.3) is 5.69 Å². The van der Waals surface area contributed by atoms with Crippen LogP contribution in [0, 0.1) is 10.1 Å². The number of carbonyl (C=O) groups is 3. The molecule has 0 aliphatic carbocycles. The van der Waals surface area contributed by atoms with E-state index < -0.39 is 23.4 Å². The number of anilines is 1. The summed E-state index contributed by atoms with van der Waals surface area (Å²) in [5.41, 5.74) is 0.0722. The Bertz CT molecular complexity index is 1190. The van der Waals surface area contributed by atoms with E-state index in [1.165, 1.54) is 25.3 Å². The summed E-state index contributed by atoms with van der Waals surface area (Å²) in [7, 11) is 1.37. The maximum Gasteiger partial charge on any atom is 0.306 e. The van der Waals surface area contributed by atoms with Gasteiger partial charge in [-0.3, -0.25) is 24.5 Å². The fourth-order valence-electron chi connectivity index (χ4n) is 2.99. The number of amides is 1. The van der Waals surface area contributed by atoms with Gasteiger partial charge >= 0.3 is 5.97 Å². The first kappa shape index (κ1) is 22.4. The fourth-order valence-corrected chi connectivity index (χ4v) is 2.99. The van der Waals surface area contributed by atoms with E-state index in [0.717, 1.165) is 10.8 Å². The molecule has 3 aromatic carbocycles. The topological polar surface area (TPSA) is 125 Å². The molecule has 3 rings (SSSR count). The van der Waals surface area contributed by atoms with E-state index in [9.17, 15) is 24.5 Å². The van der Waals surface area contributed by atoms with Crippen LogP contribution in [-0.4, -0.2) is 36.3 Å². The smallest absolute Gasteiger partial charge is 0.306 e. The summed E-state index contributed by atoms with van der Waals surface area (Å²) in [5, 5.41) is 15.5. The Balaban J connectivity index is 1.49. The van der Waals surface area contributed by atoms with Crippen molar-refractivity contribution in [2.75, 3.05) is 19.0 Å². The average Bonchev–Trinajstić information content (AvgIpc) is 2.80. The van der Waals surface area contributed by atoms with Crippen molar-refractivity contribution in [3.8, 4) is 5.75 Å². The lowest BCUT2D eigenvalue weighted by molar-refractivity contribution is -0.384. The normalized spacial score (nSPS) is 10.4. The Morgan fingerprint density at radius 1 is 0.969 bits per heavy atom. The Morgan fingerprint density at radius 2 is 1.72 bits per heavy atom. The highest BCUT2D eigenvalue weighted by molar-refractivity contribution is 6.01. The van der Waals surface area contributed by atoms with Crippen LogP contribution < -0.4 is 10.1 Å². The minimum Gasteiger partial charge on any atom is -0.496 e. The zero-order valence-electron chi connectivity index (χ0n) is 17.2. The quantitative estimate of drug-likeness (QED) is 0.233. The summed E-state index contributed by atoms with van der Waals surface area (Å²) in [6.07, 6.45) is -0.535. The predicted octanol–water partition coefficient (Wildman–Crippen LogP) is 3.90. The third-order valence-electron chi connectivity index (χ3n) is 4.67. The Hall–Kier alpha value is -4.27. The molecule has 1 N–H and O–H groups in total. The number of ether oxygens (including phenoxy) is 2. The number of carbonyl (C=O) groups excluding carboxylic acids is 3. The van der Waals surface area contributed by atoms with E-state index in [0.29, 0.717) is 5.56 Å². The number of nitro groups is 1. The Labute approximate surface area is 183 Å². The first-order valence-electron chi connectivity index (χ1n) is 9.67. The number of esters is 1. The Morgan fingerprint density at radius 3 is 2.44 bits per heavy atom. The van der Waals surface area contributed by atoms with Crippen molar-refractivity contribution in [1.82, 2.24) is 0 Å². The van der Waals surface area contributed by atoms with E-state index in [2.05, 4.69) is 5.32 Å². The molecule has 0 saturated carbocycles. The van der Waals surface area contributed by atoms with Gasteiger partial charge in [-0.05, 0) is 29.0 Å². The molecule has 0 aliphatic heterocycles. The molecule has 32 heavy (non-hydrogen) atoms. The number of rotatable bonds is 9. The maximum atomic E-state index is 12.3. The SMILES string of the molecule is COc1ccc(NC(=O)CCC(=O)OCC(=O)c2ccc3ccccc3c2)c([N+](=O)[O-])c1. The van der Waals surface area contributed by atoms with Crippen molar-refractivity contribution < 1.29 is 28.8 Å². The molecular weight excluding hydrogens is 416 g/mol. The van der Waals surface area contributed by atoms with Crippen LogP contribution in [0.3, 0.4) is 0 Å². The highest BCUT2D eigenvalue weighted by Gasteiger charge is 2.18. The maximum absolute atomic E-state index is 12.3. The summed E-state index contributed by atoms with van der Waals surface area (Å²) < 4.78 is 9.91. The second kappa shape index (κ2) is 10.2. The molecule has 0 aliphatic rings. The molecule has 3 aromatic rings. The third-order valence-corrected chi connectivity index (χ3v) is 4.67. The van der Waals surface area contributed by atoms with Crippen LogP contribution in [0.5, 0.6) is 5.75 Å². The van der Waals surface area contributed by atoms with Crippen molar-refractivity contribution in [2.45, 2.75) is 12.8 Å². The molecule has 0 fully saturated rings. The van der Waals surface area contributed by atoms with Crippen LogP contribution in [0.15, 0.2) is 60.7 Å². The summed E-state index contributed by atoms with van der Waals surface area (Å²) in [5.74, 6) is -1.41. The number of hydrogen-bond donors (Lipinski definition) is 1. The summed E-state index contributed by atoms with van der Waals surface area (Å²) in [6.45, 7) is -0.442. The number of ketones is 1. The molecule has 0 bridgehead atoms. The molecule has 0 atom stereocenters. The van der Waals surface area contributed by atoms with Crippen LogP contribution in [-0.2, 0) is 14.3 Å². The van der Waals surface area contributed by atoms with Crippen LogP contribution in [0.2, 0.25) is 0 Å². The minimum absolute atomic E-state index is 0.0133. The van der Waals surface area contributed by atoms with Crippen LogP contribution >= 0.6 is 0 Å². The van der Waals surface area contributed by atoms with E-state index in [1.54, 1.807) is 12.1 Å². The number of nitrogens with zero attached hydrogens (tertiary/aromatic N) is 1. The highest BCUT2D eigenvalue weighted by Crippen LogP contribution is 2.29. The second-order valence-electron chi connectivity index (χ2n) is 6.83. The van der Waals surface area contributed by atoms with Crippen LogP contribution in [0.25, 0.3) is 10.8 Å². The number of nitro benzene ring substituents is 1. The minimum atomic E-state index is -0.724. The third kappa shape index (κ3) is 5.66. The van der Waals surface area contributed by atoms with Gasteiger partial charge in [0, 0.05) is 12.0 Å². The highest BCUT2D eigenvalue weighted by atomic mass is 16.6. The molecule has 0 unspecified atom stereocenters. The van der Waals surface area contributed by atoms with Crippen molar-refractivity contribution in [3.05, 3.63) is 76.3 Å². The number of nitrogens with one attached hydrogen (secondary N) is 1. The molecule has 0 radical (unpaired) electrons. The Kier molecular flexibility index (Phi) is 7.12. The van der Waals surface area contributed by atoms with Crippen molar-refractivity contribution in [2.24, 2.45) is 0 Å². The summed E-state index contributed by atoms with van der Waals surface area (Å²) in [4.78, 5) is 46.8. The predicted molar refractivity (Wildman–Crippen MR) is 117 cm³/mol. The molecule has 9 heteroatoms. The zero-order valence-corrected chi connectivity index (χ0v) is 17.2.